The van der Waals surface area contributed by atoms with Gasteiger partial charge in [0.15, 0.2) is 0 Å². The molecule has 0 fully saturated rings. The molecule has 1 aliphatic rings. The van der Waals surface area contributed by atoms with E-state index in [-0.39, 0.29) is 0 Å². The highest BCUT2D eigenvalue weighted by Crippen LogP contribution is 1.87. The molecule has 0 bridgehead atoms. The fourth-order valence-electron chi connectivity index (χ4n) is 0.525. The van der Waals surface area contributed by atoms with Crippen molar-refractivity contribution in [3.05, 3.63) is 0 Å². The summed E-state index contributed by atoms with van der Waals surface area (Å²) in [6, 6.07) is 0. The molecule has 0 amide bonds. The number of rotatable bonds is 0. The van der Waals surface area contributed by atoms with E-state index in [4.69, 9.17) is 10.5 Å². The molecule has 0 aromatic rings. The van der Waals surface area contributed by atoms with Crippen molar-refractivity contribution in [1.82, 2.24) is 5.01 Å². The quantitative estimate of drug-likeness (QED) is 0.482. The molecular formula is C5H10N4O. The van der Waals surface area contributed by atoms with Gasteiger partial charge in [0, 0.05) is 7.05 Å². The zero-order valence-electron chi connectivity index (χ0n) is 5.82. The first-order valence-corrected chi connectivity index (χ1v) is 2.92. The van der Waals surface area contributed by atoms with Gasteiger partial charge in [-0.1, -0.05) is 0 Å². The molecule has 0 aromatic heterocycles. The van der Waals surface area contributed by atoms with Gasteiger partial charge < -0.3 is 10.5 Å². The minimum Gasteiger partial charge on any atom is -0.383 e. The summed E-state index contributed by atoms with van der Waals surface area (Å²) < 4.78 is 5.00. The van der Waals surface area contributed by atoms with Crippen LogP contribution in [0.15, 0.2) is 10.1 Å². The smallest absolute Gasteiger partial charge is 0.142 e. The second kappa shape index (κ2) is 3.17. The lowest BCUT2D eigenvalue weighted by atomic mass is 10.7. The Kier molecular flexibility index (Phi) is 2.22. The van der Waals surface area contributed by atoms with Crippen LogP contribution in [0.2, 0.25) is 0 Å². The van der Waals surface area contributed by atoms with Crippen LogP contribution in [0.1, 0.15) is 0 Å². The van der Waals surface area contributed by atoms with Crippen molar-refractivity contribution in [2.75, 3.05) is 20.5 Å². The van der Waals surface area contributed by atoms with Gasteiger partial charge in [-0.15, -0.1) is 0 Å². The van der Waals surface area contributed by atoms with Gasteiger partial charge in [0.2, 0.25) is 0 Å². The van der Waals surface area contributed by atoms with Gasteiger partial charge >= 0.3 is 0 Å². The molecule has 0 saturated heterocycles. The molecular weight excluding hydrogens is 132 g/mol. The number of ether oxygens (including phenoxy) is 1. The maximum absolute atomic E-state index is 5.36. The fraction of sp³-hybridized carbons (Fsp3) is 0.600. The van der Waals surface area contributed by atoms with Crippen LogP contribution >= 0.6 is 0 Å². The van der Waals surface area contributed by atoms with E-state index in [1.165, 1.54) is 6.21 Å². The molecule has 0 spiro atoms. The molecule has 1 aliphatic heterocycles. The molecule has 1 rings (SSSR count). The Morgan fingerprint density at radius 2 is 2.60 bits per heavy atom. The van der Waals surface area contributed by atoms with Crippen molar-refractivity contribution >= 4 is 12.1 Å². The molecule has 10 heavy (non-hydrogen) atoms. The summed E-state index contributed by atoms with van der Waals surface area (Å²) in [6.45, 7) is 0.759. The Morgan fingerprint density at radius 3 is 3.40 bits per heavy atom. The number of aliphatic imine (C=N–C) groups is 1. The Hall–Kier alpha value is -1.10. The Morgan fingerprint density at radius 1 is 1.80 bits per heavy atom. The largest absolute Gasteiger partial charge is 0.383 e. The van der Waals surface area contributed by atoms with Crippen molar-refractivity contribution in [1.29, 1.82) is 0 Å². The van der Waals surface area contributed by atoms with Crippen molar-refractivity contribution in [3.63, 3.8) is 0 Å². The summed E-state index contributed by atoms with van der Waals surface area (Å²) in [5.74, 6) is 0.395. The number of nitrogens with zero attached hydrogens (tertiary/aromatic N) is 3. The van der Waals surface area contributed by atoms with E-state index in [0.29, 0.717) is 19.3 Å². The van der Waals surface area contributed by atoms with Crippen LogP contribution in [-0.4, -0.2) is 37.6 Å². The maximum Gasteiger partial charge on any atom is 0.142 e. The van der Waals surface area contributed by atoms with Crippen LogP contribution in [0.4, 0.5) is 0 Å². The predicted octanol–water partition coefficient (Wildman–Crippen LogP) is -0.794. The molecule has 0 atom stereocenters. The second-order valence-corrected chi connectivity index (χ2v) is 1.95. The maximum atomic E-state index is 5.36. The molecule has 1 heterocycles. The summed E-state index contributed by atoms with van der Waals surface area (Å²) in [5.41, 5.74) is 5.36. The summed E-state index contributed by atoms with van der Waals surface area (Å²) >= 11 is 0. The highest BCUT2D eigenvalue weighted by molar-refractivity contribution is 6.28. The van der Waals surface area contributed by atoms with Crippen LogP contribution in [0.5, 0.6) is 0 Å². The van der Waals surface area contributed by atoms with E-state index in [0.717, 1.165) is 0 Å². The van der Waals surface area contributed by atoms with Gasteiger partial charge in [0.25, 0.3) is 0 Å². The van der Waals surface area contributed by atoms with Crippen LogP contribution in [-0.2, 0) is 4.74 Å². The summed E-state index contributed by atoms with van der Waals surface area (Å²) in [6.07, 6.45) is 1.50. The number of hydrogen-bond donors (Lipinski definition) is 1. The molecule has 0 aliphatic carbocycles. The van der Waals surface area contributed by atoms with Gasteiger partial charge in [-0.2, -0.15) is 5.10 Å². The monoisotopic (exact) mass is 142 g/mol. The minimum atomic E-state index is 0.308. The van der Waals surface area contributed by atoms with Crippen LogP contribution in [0.25, 0.3) is 0 Å². The van der Waals surface area contributed by atoms with Crippen molar-refractivity contribution in [2.24, 2.45) is 15.8 Å². The van der Waals surface area contributed by atoms with Crippen molar-refractivity contribution in [2.45, 2.75) is 0 Å². The van der Waals surface area contributed by atoms with E-state index in [9.17, 15) is 0 Å². The second-order valence-electron chi connectivity index (χ2n) is 1.95. The summed E-state index contributed by atoms with van der Waals surface area (Å²) in [4.78, 5) is 3.81. The van der Waals surface area contributed by atoms with E-state index < -0.39 is 0 Å². The van der Waals surface area contributed by atoms with E-state index >= 15 is 0 Å². The van der Waals surface area contributed by atoms with Crippen molar-refractivity contribution < 1.29 is 4.74 Å². The fourth-order valence-corrected chi connectivity index (χ4v) is 0.525. The normalized spacial score (nSPS) is 19.7. The lowest BCUT2D eigenvalue weighted by Crippen LogP contribution is -2.23. The zero-order chi connectivity index (χ0) is 7.40. The average Bonchev–Trinajstić information content (AvgIpc) is 1.90. The Balaban J connectivity index is 2.57. The Labute approximate surface area is 59.2 Å². The van der Waals surface area contributed by atoms with Crippen LogP contribution in [0.3, 0.4) is 0 Å². The topological polar surface area (TPSA) is 63.2 Å². The number of hydrogen-bond acceptors (Lipinski definition) is 5. The standard InChI is InChI=1S/C5H10N4O/c1-9-4-10-3-7-5(6)2-8-9/h2H,3-4H2,1H3,(H2,6,7). The molecule has 5 heteroatoms. The van der Waals surface area contributed by atoms with Crippen LogP contribution < -0.4 is 5.73 Å². The van der Waals surface area contributed by atoms with Gasteiger partial charge in [0.1, 0.15) is 19.3 Å². The predicted molar refractivity (Wildman–Crippen MR) is 38.7 cm³/mol. The first kappa shape index (κ1) is 7.01. The van der Waals surface area contributed by atoms with Gasteiger partial charge in [-0.25, -0.2) is 4.99 Å². The average molecular weight is 142 g/mol. The van der Waals surface area contributed by atoms with Crippen LogP contribution in [0, 0.1) is 0 Å². The van der Waals surface area contributed by atoms with Crippen molar-refractivity contribution in [3.8, 4) is 0 Å². The summed E-state index contributed by atoms with van der Waals surface area (Å²) in [5, 5.41) is 5.53. The number of nitrogens with two attached hydrogens (primary N) is 1. The lowest BCUT2D eigenvalue weighted by Gasteiger charge is -2.13. The minimum absolute atomic E-state index is 0.308. The number of amidine groups is 1. The van der Waals surface area contributed by atoms with E-state index in [2.05, 4.69) is 10.1 Å². The molecule has 0 aromatic carbocycles. The third-order valence-corrected chi connectivity index (χ3v) is 1.00. The van der Waals surface area contributed by atoms with E-state index in [1.807, 2.05) is 0 Å². The molecule has 2 N–H and O–H groups in total. The first-order chi connectivity index (χ1) is 4.79. The van der Waals surface area contributed by atoms with E-state index in [1.54, 1.807) is 12.1 Å². The third-order valence-electron chi connectivity index (χ3n) is 1.00. The summed E-state index contributed by atoms with van der Waals surface area (Å²) in [7, 11) is 1.80. The molecule has 0 saturated carbocycles. The number of hydrazone groups is 1. The first-order valence-electron chi connectivity index (χ1n) is 2.92. The molecule has 0 radical (unpaired) electrons. The highest BCUT2D eigenvalue weighted by atomic mass is 16.5. The SMILES string of the molecule is CN1COCN=C(N)C=N1. The zero-order valence-corrected chi connectivity index (χ0v) is 5.82. The Bertz CT molecular complexity index is 165. The molecule has 0 unspecified atom stereocenters. The van der Waals surface area contributed by atoms with Gasteiger partial charge in [-0.3, -0.25) is 5.01 Å². The molecule has 5 nitrogen and oxygen atoms in total. The lowest BCUT2D eigenvalue weighted by molar-refractivity contribution is 0.0486. The highest BCUT2D eigenvalue weighted by Gasteiger charge is 1.95. The van der Waals surface area contributed by atoms with Gasteiger partial charge in [-0.05, 0) is 0 Å². The third kappa shape index (κ3) is 2.02. The molecule has 56 valence electrons. The van der Waals surface area contributed by atoms with Gasteiger partial charge in [0.05, 0.1) is 6.21 Å².